The van der Waals surface area contributed by atoms with Crippen LogP contribution in [0.3, 0.4) is 0 Å². The van der Waals surface area contributed by atoms with Gasteiger partial charge < -0.3 is 4.84 Å². The minimum absolute atomic E-state index is 0.447. The van der Waals surface area contributed by atoms with Gasteiger partial charge in [0.25, 0.3) is 0 Å². The topological polar surface area (TPSA) is 21.6 Å². The lowest BCUT2D eigenvalue weighted by molar-refractivity contribution is 0.00623. The Kier molecular flexibility index (Phi) is 2.64. The van der Waals surface area contributed by atoms with E-state index in [0.717, 1.165) is 0 Å². The third-order valence-electron chi connectivity index (χ3n) is 2.93. The summed E-state index contributed by atoms with van der Waals surface area (Å²) in [6, 6.07) is 0. The molecule has 12 heavy (non-hydrogen) atoms. The molecule has 0 radical (unpaired) electrons. The monoisotopic (exact) mass is 167 g/mol. The molecule has 0 amide bonds. The minimum Gasteiger partial charge on any atom is -0.393 e. The van der Waals surface area contributed by atoms with Crippen molar-refractivity contribution < 1.29 is 4.84 Å². The molecule has 0 aliphatic heterocycles. The molecule has 2 aliphatic rings. The molecule has 2 fully saturated rings. The first-order chi connectivity index (χ1) is 5.95. The van der Waals surface area contributed by atoms with Gasteiger partial charge in [-0.1, -0.05) is 18.0 Å². The van der Waals surface area contributed by atoms with Crippen molar-refractivity contribution in [3.05, 3.63) is 0 Å². The highest BCUT2D eigenvalue weighted by Crippen LogP contribution is 2.24. The maximum atomic E-state index is 5.31. The van der Waals surface area contributed by atoms with Gasteiger partial charge in [-0.2, -0.15) is 0 Å². The molecule has 0 aromatic heterocycles. The second kappa shape index (κ2) is 3.92. The molecule has 0 spiro atoms. The van der Waals surface area contributed by atoms with Crippen LogP contribution in [0.5, 0.6) is 0 Å². The molecule has 0 aromatic carbocycles. The molecule has 0 atom stereocenters. The number of hydrogen-bond donors (Lipinski definition) is 0. The molecule has 2 rings (SSSR count). The summed E-state index contributed by atoms with van der Waals surface area (Å²) in [4.78, 5) is 5.31. The molecule has 0 N–H and O–H groups in total. The summed E-state index contributed by atoms with van der Waals surface area (Å²) in [7, 11) is 0. The number of hydrogen-bond acceptors (Lipinski definition) is 2. The van der Waals surface area contributed by atoms with E-state index in [4.69, 9.17) is 4.84 Å². The van der Waals surface area contributed by atoms with Crippen molar-refractivity contribution in [1.29, 1.82) is 0 Å². The summed E-state index contributed by atoms with van der Waals surface area (Å²) in [6.07, 6.45) is 11.6. The number of rotatable bonds is 3. The predicted molar refractivity (Wildman–Crippen MR) is 49.2 cm³/mol. The van der Waals surface area contributed by atoms with Crippen LogP contribution in [0.2, 0.25) is 0 Å². The van der Waals surface area contributed by atoms with Gasteiger partial charge in [0, 0.05) is 6.21 Å². The Morgan fingerprint density at radius 2 is 1.75 bits per heavy atom. The molecule has 0 bridgehead atoms. The van der Waals surface area contributed by atoms with Crippen molar-refractivity contribution in [2.45, 2.75) is 51.0 Å². The molecule has 2 aliphatic carbocycles. The van der Waals surface area contributed by atoms with Crippen LogP contribution in [0.25, 0.3) is 0 Å². The molecular formula is C10H17NO. The van der Waals surface area contributed by atoms with Gasteiger partial charge in [0.1, 0.15) is 6.10 Å². The molecule has 0 unspecified atom stereocenters. The highest BCUT2D eigenvalue weighted by molar-refractivity contribution is 5.60. The molecule has 0 heterocycles. The van der Waals surface area contributed by atoms with E-state index in [1.165, 1.54) is 44.9 Å². The maximum Gasteiger partial charge on any atom is 0.127 e. The van der Waals surface area contributed by atoms with E-state index in [0.29, 0.717) is 12.0 Å². The summed E-state index contributed by atoms with van der Waals surface area (Å²) in [5.41, 5.74) is 0. The summed E-state index contributed by atoms with van der Waals surface area (Å²) in [5.74, 6) is 0.713. The Labute approximate surface area is 74.0 Å². The highest BCUT2D eigenvalue weighted by Gasteiger charge is 2.19. The smallest absolute Gasteiger partial charge is 0.127 e. The Morgan fingerprint density at radius 1 is 1.00 bits per heavy atom. The molecular weight excluding hydrogens is 150 g/mol. The van der Waals surface area contributed by atoms with Gasteiger partial charge in [-0.3, -0.25) is 0 Å². The third-order valence-corrected chi connectivity index (χ3v) is 2.93. The van der Waals surface area contributed by atoms with Crippen LogP contribution in [-0.4, -0.2) is 12.3 Å². The van der Waals surface area contributed by atoms with E-state index in [2.05, 4.69) is 5.16 Å². The SMILES string of the molecule is C(=N\OC1CCC1)/C1CCCC1. The highest BCUT2D eigenvalue weighted by atomic mass is 16.6. The fourth-order valence-electron chi connectivity index (χ4n) is 1.79. The Balaban J connectivity index is 1.63. The molecule has 2 nitrogen and oxygen atoms in total. The predicted octanol–water partition coefficient (Wildman–Crippen LogP) is 2.73. The van der Waals surface area contributed by atoms with Crippen molar-refractivity contribution in [2.24, 2.45) is 11.1 Å². The number of nitrogens with zero attached hydrogens (tertiary/aromatic N) is 1. The largest absolute Gasteiger partial charge is 0.393 e. The zero-order valence-electron chi connectivity index (χ0n) is 7.54. The number of oxime groups is 1. The van der Waals surface area contributed by atoms with Gasteiger partial charge in [0.05, 0.1) is 0 Å². The van der Waals surface area contributed by atoms with Crippen molar-refractivity contribution in [2.75, 3.05) is 0 Å². The summed E-state index contributed by atoms with van der Waals surface area (Å²) < 4.78 is 0. The van der Waals surface area contributed by atoms with E-state index in [1.54, 1.807) is 0 Å². The van der Waals surface area contributed by atoms with E-state index >= 15 is 0 Å². The summed E-state index contributed by atoms with van der Waals surface area (Å²) in [6.45, 7) is 0. The van der Waals surface area contributed by atoms with Crippen molar-refractivity contribution >= 4 is 6.21 Å². The summed E-state index contributed by atoms with van der Waals surface area (Å²) in [5, 5.41) is 4.05. The first-order valence-corrected chi connectivity index (χ1v) is 5.14. The van der Waals surface area contributed by atoms with E-state index in [1.807, 2.05) is 6.21 Å². The van der Waals surface area contributed by atoms with Crippen molar-refractivity contribution in [3.8, 4) is 0 Å². The van der Waals surface area contributed by atoms with Crippen LogP contribution >= 0.6 is 0 Å². The van der Waals surface area contributed by atoms with Crippen LogP contribution in [0.4, 0.5) is 0 Å². The van der Waals surface area contributed by atoms with Crippen LogP contribution in [0.1, 0.15) is 44.9 Å². The van der Waals surface area contributed by atoms with Crippen LogP contribution in [0.15, 0.2) is 5.16 Å². The van der Waals surface area contributed by atoms with Gasteiger partial charge in [-0.05, 0) is 38.0 Å². The first kappa shape index (κ1) is 8.09. The Hall–Kier alpha value is -0.530. The molecule has 68 valence electrons. The normalized spacial score (nSPS) is 26.3. The van der Waals surface area contributed by atoms with Crippen LogP contribution in [-0.2, 0) is 4.84 Å². The average molecular weight is 167 g/mol. The molecule has 2 heteroatoms. The maximum absolute atomic E-state index is 5.31. The fourth-order valence-corrected chi connectivity index (χ4v) is 1.79. The Bertz CT molecular complexity index is 157. The van der Waals surface area contributed by atoms with Gasteiger partial charge >= 0.3 is 0 Å². The third kappa shape index (κ3) is 1.99. The lowest BCUT2D eigenvalue weighted by Crippen LogP contribution is -2.19. The Morgan fingerprint density at radius 3 is 2.33 bits per heavy atom. The minimum atomic E-state index is 0.447. The standard InChI is InChI=1S/C10H17NO/c1-2-5-9(4-1)8-11-12-10-6-3-7-10/h8-10H,1-7H2/b11-8+. The fraction of sp³-hybridized carbons (Fsp3) is 0.900. The van der Waals surface area contributed by atoms with Crippen LogP contribution in [0, 0.1) is 5.92 Å². The average Bonchev–Trinajstić information content (AvgIpc) is 2.46. The lowest BCUT2D eigenvalue weighted by Gasteiger charge is -2.22. The van der Waals surface area contributed by atoms with Gasteiger partial charge in [0.15, 0.2) is 0 Å². The second-order valence-corrected chi connectivity index (χ2v) is 3.96. The lowest BCUT2D eigenvalue weighted by atomic mass is 9.97. The second-order valence-electron chi connectivity index (χ2n) is 3.96. The van der Waals surface area contributed by atoms with E-state index in [9.17, 15) is 0 Å². The van der Waals surface area contributed by atoms with Crippen LogP contribution < -0.4 is 0 Å². The van der Waals surface area contributed by atoms with Gasteiger partial charge in [-0.15, -0.1) is 0 Å². The summed E-state index contributed by atoms with van der Waals surface area (Å²) >= 11 is 0. The zero-order chi connectivity index (χ0) is 8.23. The van der Waals surface area contributed by atoms with Crippen molar-refractivity contribution in [1.82, 2.24) is 0 Å². The van der Waals surface area contributed by atoms with Gasteiger partial charge in [0.2, 0.25) is 0 Å². The van der Waals surface area contributed by atoms with E-state index in [-0.39, 0.29) is 0 Å². The molecule has 0 aromatic rings. The van der Waals surface area contributed by atoms with Crippen molar-refractivity contribution in [3.63, 3.8) is 0 Å². The first-order valence-electron chi connectivity index (χ1n) is 5.14. The zero-order valence-corrected chi connectivity index (χ0v) is 7.54. The quantitative estimate of drug-likeness (QED) is 0.468. The molecule has 2 saturated carbocycles. The van der Waals surface area contributed by atoms with Gasteiger partial charge in [-0.25, -0.2) is 0 Å². The van der Waals surface area contributed by atoms with E-state index < -0.39 is 0 Å². The molecule has 0 saturated heterocycles.